The molecule has 0 spiro atoms. The molecule has 0 bridgehead atoms. The van der Waals surface area contributed by atoms with E-state index in [0.717, 1.165) is 11.3 Å². The van der Waals surface area contributed by atoms with Gasteiger partial charge in [-0.1, -0.05) is 37.1 Å². The van der Waals surface area contributed by atoms with Crippen molar-refractivity contribution in [1.82, 2.24) is 0 Å². The number of anilines is 1. The predicted molar refractivity (Wildman–Crippen MR) is 126 cm³/mol. The lowest BCUT2D eigenvalue weighted by Crippen LogP contribution is -2.53. The number of phenols is 1. The van der Waals surface area contributed by atoms with Crippen molar-refractivity contribution in [3.63, 3.8) is 0 Å². The number of nitro groups is 1. The SMILES string of the molecule is CCC[C@H]1C[C@@H]2C(=O)N(c3cccc([N+](=O)[O-])c3)C(=O)[C@@H]2[C@@H]2C[C@@H](c3ccc(O)cc3Cl)O[C@]12O. The average molecular weight is 501 g/mol. The van der Waals surface area contributed by atoms with Crippen molar-refractivity contribution in [3.05, 3.63) is 63.2 Å². The van der Waals surface area contributed by atoms with E-state index in [1.165, 1.54) is 36.4 Å². The molecule has 1 aliphatic carbocycles. The van der Waals surface area contributed by atoms with Gasteiger partial charge in [0.25, 0.3) is 5.69 Å². The highest BCUT2D eigenvalue weighted by atomic mass is 35.5. The Labute approximate surface area is 206 Å². The Kier molecular flexibility index (Phi) is 5.82. The maximum absolute atomic E-state index is 13.6. The summed E-state index contributed by atoms with van der Waals surface area (Å²) in [5, 5.41) is 33.1. The molecule has 3 fully saturated rings. The van der Waals surface area contributed by atoms with Crippen LogP contribution in [0.15, 0.2) is 42.5 Å². The lowest BCUT2D eigenvalue weighted by Gasteiger charge is -2.44. The fourth-order valence-electron chi connectivity index (χ4n) is 6.13. The van der Waals surface area contributed by atoms with Gasteiger partial charge in [-0.3, -0.25) is 19.7 Å². The van der Waals surface area contributed by atoms with Crippen LogP contribution in [0.1, 0.15) is 44.3 Å². The molecule has 2 aromatic carbocycles. The summed E-state index contributed by atoms with van der Waals surface area (Å²) in [6, 6.07) is 9.96. The van der Waals surface area contributed by atoms with Crippen LogP contribution in [0.3, 0.4) is 0 Å². The van der Waals surface area contributed by atoms with E-state index in [2.05, 4.69) is 0 Å². The molecule has 9 nitrogen and oxygen atoms in total. The summed E-state index contributed by atoms with van der Waals surface area (Å²) in [7, 11) is 0. The second kappa shape index (κ2) is 8.58. The number of phenolic OH excluding ortho intramolecular Hbond substituents is 1. The van der Waals surface area contributed by atoms with Gasteiger partial charge in [-0.2, -0.15) is 0 Å². The van der Waals surface area contributed by atoms with Gasteiger partial charge < -0.3 is 14.9 Å². The average Bonchev–Trinajstić information content (AvgIpc) is 3.28. The highest BCUT2D eigenvalue weighted by Crippen LogP contribution is 2.59. The number of carbonyl (C=O) groups is 2. The zero-order chi connectivity index (χ0) is 25.1. The quantitative estimate of drug-likeness (QED) is 0.354. The number of rotatable bonds is 5. The molecule has 5 rings (SSSR count). The topological polar surface area (TPSA) is 130 Å². The van der Waals surface area contributed by atoms with Gasteiger partial charge in [0.15, 0.2) is 5.79 Å². The number of amides is 2. The van der Waals surface area contributed by atoms with Gasteiger partial charge in [0.1, 0.15) is 5.75 Å². The molecule has 2 saturated heterocycles. The normalized spacial score (nSPS) is 32.0. The number of halogens is 1. The number of ether oxygens (including phenoxy) is 1. The van der Waals surface area contributed by atoms with Crippen LogP contribution in [0.25, 0.3) is 0 Å². The number of non-ortho nitro benzene ring substituents is 1. The summed E-state index contributed by atoms with van der Waals surface area (Å²) in [4.78, 5) is 38.8. The maximum atomic E-state index is 13.6. The number of benzene rings is 2. The number of fused-ring (bicyclic) bond motifs is 3. The first kappa shape index (κ1) is 23.7. The molecule has 2 amide bonds. The van der Waals surface area contributed by atoms with Crippen LogP contribution in [0.4, 0.5) is 11.4 Å². The molecule has 0 aromatic heterocycles. The van der Waals surface area contributed by atoms with E-state index in [-0.39, 0.29) is 40.9 Å². The minimum absolute atomic E-state index is 0.000891. The molecule has 2 N–H and O–H groups in total. The molecule has 6 atom stereocenters. The molecule has 0 radical (unpaired) electrons. The molecule has 2 aromatic rings. The summed E-state index contributed by atoms with van der Waals surface area (Å²) in [6.07, 6.45) is 1.28. The van der Waals surface area contributed by atoms with Crippen molar-refractivity contribution in [2.75, 3.05) is 4.90 Å². The number of aliphatic hydroxyl groups is 1. The third-order valence-electron chi connectivity index (χ3n) is 7.63. The molecule has 35 heavy (non-hydrogen) atoms. The first-order valence-corrected chi connectivity index (χ1v) is 12.0. The van der Waals surface area contributed by atoms with E-state index in [4.69, 9.17) is 16.3 Å². The smallest absolute Gasteiger partial charge is 0.271 e. The molecular formula is C25H25ClN2O7. The summed E-state index contributed by atoms with van der Waals surface area (Å²) < 4.78 is 6.23. The molecule has 10 heteroatoms. The first-order chi connectivity index (χ1) is 16.7. The highest BCUT2D eigenvalue weighted by Gasteiger charge is 2.66. The Bertz CT molecular complexity index is 1220. The minimum Gasteiger partial charge on any atom is -0.508 e. The van der Waals surface area contributed by atoms with Gasteiger partial charge >= 0.3 is 0 Å². The van der Waals surface area contributed by atoms with Gasteiger partial charge in [0.05, 0.1) is 33.6 Å². The number of hydrogen-bond acceptors (Lipinski definition) is 7. The minimum atomic E-state index is -1.63. The van der Waals surface area contributed by atoms with Gasteiger partial charge in [0, 0.05) is 24.0 Å². The predicted octanol–water partition coefficient (Wildman–Crippen LogP) is 4.35. The molecule has 2 heterocycles. The van der Waals surface area contributed by atoms with Crippen molar-refractivity contribution < 1.29 is 29.5 Å². The lowest BCUT2D eigenvalue weighted by molar-refractivity contribution is -0.384. The fraction of sp³-hybridized carbons (Fsp3) is 0.440. The number of aromatic hydroxyl groups is 1. The lowest BCUT2D eigenvalue weighted by atomic mass is 9.63. The summed E-state index contributed by atoms with van der Waals surface area (Å²) >= 11 is 6.35. The van der Waals surface area contributed by atoms with Crippen molar-refractivity contribution in [3.8, 4) is 5.75 Å². The molecule has 3 aliphatic rings. The molecule has 0 unspecified atom stereocenters. The Morgan fingerprint density at radius 2 is 1.97 bits per heavy atom. The van der Waals surface area contributed by atoms with Gasteiger partial charge in [-0.25, -0.2) is 4.90 Å². The fourth-order valence-corrected chi connectivity index (χ4v) is 6.43. The third-order valence-corrected chi connectivity index (χ3v) is 7.96. The Morgan fingerprint density at radius 1 is 1.20 bits per heavy atom. The van der Waals surface area contributed by atoms with Crippen LogP contribution in [-0.2, 0) is 14.3 Å². The number of carbonyl (C=O) groups excluding carboxylic acids is 2. The number of nitro benzene ring substituents is 1. The van der Waals surface area contributed by atoms with E-state index < -0.39 is 46.4 Å². The monoisotopic (exact) mass is 500 g/mol. The standard InChI is InChI=1S/C25H25ClN2O7/c1-2-4-13-9-18-22(24(31)27(23(18)30)14-5-3-6-15(10-14)28(33)34)19-12-21(35-25(13,19)32)17-8-7-16(29)11-20(17)26/h3,5-8,10-11,13,18-19,21-22,29,32H,2,4,9,12H2,1H3/t13-,18-,19-,21-,22-,25+/m0/s1. The second-order valence-electron chi connectivity index (χ2n) is 9.55. The third kappa shape index (κ3) is 3.69. The van der Waals surface area contributed by atoms with Crippen LogP contribution in [0, 0.1) is 33.8 Å². The zero-order valence-corrected chi connectivity index (χ0v) is 19.7. The van der Waals surface area contributed by atoms with Crippen molar-refractivity contribution >= 4 is 34.8 Å². The highest BCUT2D eigenvalue weighted by molar-refractivity contribution is 6.31. The Balaban J connectivity index is 1.53. The van der Waals surface area contributed by atoms with Gasteiger partial charge in [-0.15, -0.1) is 0 Å². The molecule has 1 saturated carbocycles. The van der Waals surface area contributed by atoms with E-state index in [1.54, 1.807) is 6.07 Å². The van der Waals surface area contributed by atoms with Crippen LogP contribution >= 0.6 is 11.6 Å². The summed E-state index contributed by atoms with van der Waals surface area (Å²) in [6.45, 7) is 1.98. The first-order valence-electron chi connectivity index (χ1n) is 11.7. The Hall–Kier alpha value is -3.01. The van der Waals surface area contributed by atoms with Crippen molar-refractivity contribution in [2.45, 2.75) is 44.5 Å². The largest absolute Gasteiger partial charge is 0.508 e. The van der Waals surface area contributed by atoms with E-state index in [0.29, 0.717) is 12.0 Å². The second-order valence-corrected chi connectivity index (χ2v) is 9.96. The van der Waals surface area contributed by atoms with E-state index in [9.17, 15) is 29.9 Å². The van der Waals surface area contributed by atoms with Crippen LogP contribution in [-0.4, -0.2) is 32.7 Å². The molecule has 2 aliphatic heterocycles. The number of nitrogens with zero attached hydrogens (tertiary/aromatic N) is 2. The van der Waals surface area contributed by atoms with Crippen LogP contribution in [0.5, 0.6) is 5.75 Å². The Morgan fingerprint density at radius 3 is 2.66 bits per heavy atom. The molecular weight excluding hydrogens is 476 g/mol. The zero-order valence-electron chi connectivity index (χ0n) is 19.0. The van der Waals surface area contributed by atoms with E-state index >= 15 is 0 Å². The van der Waals surface area contributed by atoms with Crippen LogP contribution < -0.4 is 4.90 Å². The number of imide groups is 1. The summed E-state index contributed by atoms with van der Waals surface area (Å²) in [5.74, 6) is -5.02. The van der Waals surface area contributed by atoms with Crippen molar-refractivity contribution in [2.24, 2.45) is 23.7 Å². The molecule has 184 valence electrons. The van der Waals surface area contributed by atoms with Crippen LogP contribution in [0.2, 0.25) is 5.02 Å². The summed E-state index contributed by atoms with van der Waals surface area (Å²) in [5.41, 5.74) is 0.521. The number of hydrogen-bond donors (Lipinski definition) is 2. The van der Waals surface area contributed by atoms with Gasteiger partial charge in [0.2, 0.25) is 11.8 Å². The van der Waals surface area contributed by atoms with Crippen molar-refractivity contribution in [1.29, 1.82) is 0 Å². The maximum Gasteiger partial charge on any atom is 0.271 e. The van der Waals surface area contributed by atoms with E-state index in [1.807, 2.05) is 6.92 Å². The van der Waals surface area contributed by atoms with Gasteiger partial charge in [-0.05, 0) is 43.0 Å².